The minimum Gasteiger partial charge on any atom is -0.458 e. The zero-order valence-electron chi connectivity index (χ0n) is 6.54. The Kier molecular flexibility index (Phi) is 4.21. The lowest BCUT2D eigenvalue weighted by Crippen LogP contribution is -2.23. The van der Waals surface area contributed by atoms with Crippen LogP contribution in [0.4, 0.5) is 0 Å². The van der Waals surface area contributed by atoms with Crippen molar-refractivity contribution < 1.29 is 9.53 Å². The van der Waals surface area contributed by atoms with Crippen LogP contribution in [0.5, 0.6) is 0 Å². The Bertz CT molecular complexity index is 233. The van der Waals surface area contributed by atoms with E-state index in [1.807, 2.05) is 0 Å². The van der Waals surface area contributed by atoms with Gasteiger partial charge in [0.25, 0.3) is 0 Å². The molecule has 0 aromatic carbocycles. The summed E-state index contributed by atoms with van der Waals surface area (Å²) in [6.45, 7) is 3.42. The quantitative estimate of drug-likeness (QED) is 0.173. The number of rotatable bonds is 4. The Morgan fingerprint density at radius 1 is 1.67 bits per heavy atom. The van der Waals surface area contributed by atoms with Gasteiger partial charge in [-0.05, 0) is 0 Å². The monoisotopic (exact) mass is 169 g/mol. The number of hydrogen-bond acceptors (Lipinski definition) is 4. The van der Waals surface area contributed by atoms with Crippen LogP contribution in [-0.2, 0) is 9.53 Å². The topological polar surface area (TPSA) is 102 Å². The molecule has 0 spiro atoms. The first-order valence-electron chi connectivity index (χ1n) is 3.17. The number of ether oxygens (including phenoxy) is 1. The average molecular weight is 169 g/mol. The third-order valence-electron chi connectivity index (χ3n) is 1.01. The third-order valence-corrected chi connectivity index (χ3v) is 1.01. The SMILES string of the molecule is C=CCOC(=O)/C(=C/N)C(=N)N. The van der Waals surface area contributed by atoms with Gasteiger partial charge in [0.1, 0.15) is 18.0 Å². The fourth-order valence-electron chi connectivity index (χ4n) is 0.480. The lowest BCUT2D eigenvalue weighted by molar-refractivity contribution is -0.137. The highest BCUT2D eigenvalue weighted by Gasteiger charge is 2.12. The van der Waals surface area contributed by atoms with Gasteiger partial charge in [0, 0.05) is 6.20 Å². The van der Waals surface area contributed by atoms with Gasteiger partial charge in [-0.3, -0.25) is 5.41 Å². The predicted molar refractivity (Wildman–Crippen MR) is 45.3 cm³/mol. The number of carbonyl (C=O) groups is 1. The van der Waals surface area contributed by atoms with E-state index in [-0.39, 0.29) is 12.2 Å². The maximum absolute atomic E-state index is 10.9. The summed E-state index contributed by atoms with van der Waals surface area (Å²) in [7, 11) is 0. The molecule has 5 heteroatoms. The van der Waals surface area contributed by atoms with Crippen LogP contribution in [0.1, 0.15) is 0 Å². The van der Waals surface area contributed by atoms with Gasteiger partial charge in [-0.2, -0.15) is 0 Å². The fourth-order valence-corrected chi connectivity index (χ4v) is 0.480. The van der Waals surface area contributed by atoms with E-state index in [0.717, 1.165) is 6.20 Å². The van der Waals surface area contributed by atoms with Crippen molar-refractivity contribution in [1.82, 2.24) is 0 Å². The van der Waals surface area contributed by atoms with Crippen molar-refractivity contribution in [1.29, 1.82) is 5.41 Å². The van der Waals surface area contributed by atoms with E-state index in [9.17, 15) is 4.79 Å². The van der Waals surface area contributed by atoms with Crippen molar-refractivity contribution in [3.05, 3.63) is 24.4 Å². The lowest BCUT2D eigenvalue weighted by atomic mass is 10.3. The normalized spacial score (nSPS) is 10.5. The van der Waals surface area contributed by atoms with Crippen LogP contribution >= 0.6 is 0 Å². The number of esters is 1. The maximum atomic E-state index is 10.9. The van der Waals surface area contributed by atoms with Crippen molar-refractivity contribution >= 4 is 11.8 Å². The van der Waals surface area contributed by atoms with Gasteiger partial charge in [-0.15, -0.1) is 0 Å². The number of nitrogens with one attached hydrogen (secondary N) is 1. The fraction of sp³-hybridized carbons (Fsp3) is 0.143. The van der Waals surface area contributed by atoms with E-state index in [0.29, 0.717) is 0 Å². The predicted octanol–water partition coefficient (Wildman–Crippen LogP) is -0.506. The summed E-state index contributed by atoms with van der Waals surface area (Å²) in [5.41, 5.74) is 9.92. The molecule has 0 unspecified atom stereocenters. The second kappa shape index (κ2) is 4.95. The third kappa shape index (κ3) is 2.87. The largest absolute Gasteiger partial charge is 0.458 e. The van der Waals surface area contributed by atoms with Gasteiger partial charge in [0.15, 0.2) is 0 Å². The van der Waals surface area contributed by atoms with Crippen LogP contribution < -0.4 is 11.5 Å². The van der Waals surface area contributed by atoms with E-state index in [1.54, 1.807) is 0 Å². The first-order chi connectivity index (χ1) is 5.63. The molecule has 0 aromatic rings. The van der Waals surface area contributed by atoms with Crippen LogP contribution in [0.3, 0.4) is 0 Å². The van der Waals surface area contributed by atoms with E-state index in [4.69, 9.17) is 16.9 Å². The lowest BCUT2D eigenvalue weighted by Gasteiger charge is -2.02. The Labute approximate surface area is 70.2 Å². The number of carbonyl (C=O) groups excluding carboxylic acids is 1. The summed E-state index contributed by atoms with van der Waals surface area (Å²) in [4.78, 5) is 10.9. The molecule has 0 radical (unpaired) electrons. The van der Waals surface area contributed by atoms with Crippen molar-refractivity contribution in [2.75, 3.05) is 6.61 Å². The maximum Gasteiger partial charge on any atom is 0.343 e. The second-order valence-electron chi connectivity index (χ2n) is 1.88. The molecular weight excluding hydrogens is 158 g/mol. The van der Waals surface area contributed by atoms with Gasteiger partial charge in [0.05, 0.1) is 0 Å². The Morgan fingerprint density at radius 3 is 2.58 bits per heavy atom. The molecule has 0 rings (SSSR count). The molecule has 0 bridgehead atoms. The highest BCUT2D eigenvalue weighted by atomic mass is 16.5. The summed E-state index contributed by atoms with van der Waals surface area (Å²) in [5.74, 6) is -1.13. The molecule has 0 heterocycles. The standard InChI is InChI=1S/C7H11N3O2/c1-2-3-12-7(11)5(4-8)6(9)10/h2,4H,1,3,8H2,(H3,9,10)/b5-4+. The van der Waals surface area contributed by atoms with Crippen LogP contribution in [0.25, 0.3) is 0 Å². The highest BCUT2D eigenvalue weighted by Crippen LogP contribution is 1.94. The van der Waals surface area contributed by atoms with Crippen molar-refractivity contribution in [2.24, 2.45) is 11.5 Å². The molecule has 0 fully saturated rings. The number of nitrogens with two attached hydrogens (primary N) is 2. The first-order valence-corrected chi connectivity index (χ1v) is 3.17. The molecule has 0 atom stereocenters. The van der Waals surface area contributed by atoms with Gasteiger partial charge in [-0.25, -0.2) is 4.79 Å². The Hall–Kier alpha value is -1.78. The molecule has 12 heavy (non-hydrogen) atoms. The van der Waals surface area contributed by atoms with Gasteiger partial charge < -0.3 is 16.2 Å². The minimum absolute atomic E-state index is 0.0729. The average Bonchev–Trinajstić information content (AvgIpc) is 2.01. The van der Waals surface area contributed by atoms with E-state index in [1.165, 1.54) is 6.08 Å². The van der Waals surface area contributed by atoms with Crippen LogP contribution in [0, 0.1) is 5.41 Å². The molecule has 66 valence electrons. The molecular formula is C7H11N3O2. The number of amidine groups is 1. The van der Waals surface area contributed by atoms with Crippen molar-refractivity contribution in [3.63, 3.8) is 0 Å². The Balaban J connectivity index is 4.24. The minimum atomic E-state index is -0.718. The second-order valence-corrected chi connectivity index (χ2v) is 1.88. The van der Waals surface area contributed by atoms with E-state index >= 15 is 0 Å². The molecule has 0 aromatic heterocycles. The highest BCUT2D eigenvalue weighted by molar-refractivity contribution is 6.16. The molecule has 5 nitrogen and oxygen atoms in total. The molecule has 0 saturated carbocycles. The molecule has 0 saturated heterocycles. The zero-order chi connectivity index (χ0) is 9.56. The summed E-state index contributed by atoms with van der Waals surface area (Å²) >= 11 is 0. The molecule has 0 amide bonds. The van der Waals surface area contributed by atoms with Crippen molar-refractivity contribution in [3.8, 4) is 0 Å². The van der Waals surface area contributed by atoms with Gasteiger partial charge in [0.2, 0.25) is 0 Å². The summed E-state index contributed by atoms with van der Waals surface area (Å²) in [6.07, 6.45) is 2.35. The van der Waals surface area contributed by atoms with Crippen LogP contribution in [-0.4, -0.2) is 18.4 Å². The van der Waals surface area contributed by atoms with Crippen molar-refractivity contribution in [2.45, 2.75) is 0 Å². The van der Waals surface area contributed by atoms with E-state index < -0.39 is 11.8 Å². The zero-order valence-corrected chi connectivity index (χ0v) is 6.54. The summed E-state index contributed by atoms with van der Waals surface area (Å²) in [5, 5.41) is 6.92. The summed E-state index contributed by atoms with van der Waals surface area (Å²) in [6, 6.07) is 0. The van der Waals surface area contributed by atoms with E-state index in [2.05, 4.69) is 11.3 Å². The Morgan fingerprint density at radius 2 is 2.25 bits per heavy atom. The smallest absolute Gasteiger partial charge is 0.343 e. The first kappa shape index (κ1) is 10.2. The van der Waals surface area contributed by atoms with Crippen LogP contribution in [0.2, 0.25) is 0 Å². The summed E-state index contributed by atoms with van der Waals surface area (Å²) < 4.78 is 4.58. The van der Waals surface area contributed by atoms with Crippen LogP contribution in [0.15, 0.2) is 24.4 Å². The molecule has 0 aliphatic carbocycles. The number of hydrogen-bond donors (Lipinski definition) is 3. The molecule has 0 aliphatic rings. The van der Waals surface area contributed by atoms with Gasteiger partial charge in [-0.1, -0.05) is 12.7 Å². The molecule has 0 aliphatic heterocycles. The van der Waals surface area contributed by atoms with Gasteiger partial charge >= 0.3 is 5.97 Å². The molecule has 5 N–H and O–H groups in total.